The molecule has 7 nitrogen and oxygen atoms in total. The molecule has 0 aliphatic carbocycles. The Morgan fingerprint density at radius 2 is 2.04 bits per heavy atom. The van der Waals surface area contributed by atoms with Gasteiger partial charge in [-0.05, 0) is 24.6 Å². The van der Waals surface area contributed by atoms with Gasteiger partial charge in [0, 0.05) is 17.0 Å². The van der Waals surface area contributed by atoms with Crippen molar-refractivity contribution in [3.05, 3.63) is 50.5 Å². The maximum atomic E-state index is 12.3. The van der Waals surface area contributed by atoms with Crippen LogP contribution in [0.1, 0.15) is 19.4 Å². The van der Waals surface area contributed by atoms with E-state index in [0.717, 1.165) is 4.91 Å². The zero-order valence-electron chi connectivity index (χ0n) is 12.5. The minimum atomic E-state index is -0.545. The van der Waals surface area contributed by atoms with Gasteiger partial charge < -0.3 is 4.74 Å². The smallest absolute Gasteiger partial charge is 0.356 e. The van der Waals surface area contributed by atoms with Gasteiger partial charge >= 0.3 is 5.97 Å². The molecule has 2 aliphatic rings. The van der Waals surface area contributed by atoms with Crippen molar-refractivity contribution in [2.45, 2.75) is 25.8 Å². The summed E-state index contributed by atoms with van der Waals surface area (Å²) >= 11 is 1.50. The van der Waals surface area contributed by atoms with Crippen LogP contribution in [0.15, 0.2) is 34.9 Å². The lowest BCUT2D eigenvalue weighted by atomic mass is 10.00. The van der Waals surface area contributed by atoms with Crippen molar-refractivity contribution in [1.82, 2.24) is 4.90 Å². The largest absolute Gasteiger partial charge is 0.456 e. The molecule has 0 aromatic heterocycles. The molecular weight excluding hydrogens is 320 g/mol. The van der Waals surface area contributed by atoms with Crippen molar-refractivity contribution in [1.29, 1.82) is 0 Å². The number of carbonyl (C=O) groups is 2. The molecule has 23 heavy (non-hydrogen) atoms. The summed E-state index contributed by atoms with van der Waals surface area (Å²) in [5.41, 5.74) is 0.937. The highest BCUT2D eigenvalue weighted by molar-refractivity contribution is 8.04. The zero-order valence-corrected chi connectivity index (χ0v) is 13.3. The molecule has 1 saturated heterocycles. The molecular formula is C15H14N2O5S. The van der Waals surface area contributed by atoms with Gasteiger partial charge in [-0.1, -0.05) is 6.92 Å². The number of nitro benzene ring substituents is 1. The highest BCUT2D eigenvalue weighted by Crippen LogP contribution is 2.48. The van der Waals surface area contributed by atoms with Gasteiger partial charge in [0.05, 0.1) is 16.2 Å². The molecule has 3 rings (SSSR count). The van der Waals surface area contributed by atoms with E-state index in [4.69, 9.17) is 4.74 Å². The number of carbonyl (C=O) groups excluding carboxylic acids is 2. The van der Waals surface area contributed by atoms with Gasteiger partial charge in [-0.3, -0.25) is 19.8 Å². The molecule has 1 amide bonds. The second-order valence-corrected chi connectivity index (χ2v) is 6.74. The fourth-order valence-corrected chi connectivity index (χ4v) is 3.87. The summed E-state index contributed by atoms with van der Waals surface area (Å²) in [5.74, 6) is -0.701. The van der Waals surface area contributed by atoms with Crippen molar-refractivity contribution in [3.63, 3.8) is 0 Å². The van der Waals surface area contributed by atoms with Gasteiger partial charge in [-0.25, -0.2) is 4.79 Å². The average Bonchev–Trinajstić information content (AvgIpc) is 2.86. The van der Waals surface area contributed by atoms with Gasteiger partial charge in [0.25, 0.3) is 5.69 Å². The number of thioether (sulfide) groups is 1. The van der Waals surface area contributed by atoms with E-state index in [-0.39, 0.29) is 29.5 Å². The average molecular weight is 334 g/mol. The highest BCUT2D eigenvalue weighted by atomic mass is 32.2. The van der Waals surface area contributed by atoms with Gasteiger partial charge in [-0.15, -0.1) is 11.8 Å². The molecule has 1 aromatic carbocycles. The first kappa shape index (κ1) is 15.5. The lowest BCUT2D eigenvalue weighted by molar-refractivity contribution is -0.384. The minimum Gasteiger partial charge on any atom is -0.456 e. The first-order chi connectivity index (χ1) is 10.9. The number of esters is 1. The third-order valence-electron chi connectivity index (χ3n) is 3.89. The molecule has 0 spiro atoms. The summed E-state index contributed by atoms with van der Waals surface area (Å²) < 4.78 is 5.25. The Hall–Kier alpha value is -2.35. The lowest BCUT2D eigenvalue weighted by Crippen LogP contribution is -2.56. The number of amides is 1. The van der Waals surface area contributed by atoms with E-state index >= 15 is 0 Å². The highest BCUT2D eigenvalue weighted by Gasteiger charge is 2.53. The summed E-state index contributed by atoms with van der Waals surface area (Å²) in [6.07, 6.45) is 0. The molecule has 1 unspecified atom stereocenters. The number of nitro groups is 1. The predicted molar refractivity (Wildman–Crippen MR) is 83.0 cm³/mol. The minimum absolute atomic E-state index is 0.000521. The van der Waals surface area contributed by atoms with Crippen LogP contribution in [0.25, 0.3) is 0 Å². The maximum absolute atomic E-state index is 12.3. The summed E-state index contributed by atoms with van der Waals surface area (Å²) in [5, 5.41) is 10.6. The van der Waals surface area contributed by atoms with E-state index in [1.807, 2.05) is 6.92 Å². The number of non-ortho nitro benzene ring substituents is 1. The molecule has 0 radical (unpaired) electrons. The Labute approximate surface area is 136 Å². The van der Waals surface area contributed by atoms with Crippen LogP contribution in [0, 0.1) is 16.0 Å². The van der Waals surface area contributed by atoms with E-state index in [1.165, 1.54) is 40.9 Å². The third-order valence-corrected chi connectivity index (χ3v) is 5.30. The molecule has 0 saturated carbocycles. The van der Waals surface area contributed by atoms with Gasteiger partial charge in [0.15, 0.2) is 0 Å². The molecule has 2 atom stereocenters. The number of allylic oxidation sites excluding steroid dienone is 1. The van der Waals surface area contributed by atoms with Crippen LogP contribution in [-0.4, -0.2) is 27.1 Å². The van der Waals surface area contributed by atoms with Crippen molar-refractivity contribution in [3.8, 4) is 0 Å². The van der Waals surface area contributed by atoms with Crippen LogP contribution in [0.5, 0.6) is 0 Å². The number of β-lactam (4-membered cyclic amide) rings is 1. The normalized spacial score (nSPS) is 22.7. The standard InChI is InChI=1S/C15H14N2O5S/c1-8-13(18)16-12(9(2)23-14(8)16)15(19)22-7-10-3-5-11(6-4-10)17(20)21/h3-6,8,14H,7H2,1-2H3/t8?,14-/m1/s1. The number of ether oxygens (including phenoxy) is 1. The fourth-order valence-electron chi connectivity index (χ4n) is 2.58. The molecule has 0 N–H and O–H groups in total. The van der Waals surface area contributed by atoms with Crippen LogP contribution in [0.3, 0.4) is 0 Å². The maximum Gasteiger partial charge on any atom is 0.356 e. The molecule has 1 fully saturated rings. The SMILES string of the molecule is CC1=C(C(=O)OCc2ccc([N+](=O)[O-])cc2)N2C(=O)C(C)[C@H]2S1. The molecule has 120 valence electrons. The monoisotopic (exact) mass is 334 g/mol. The fraction of sp³-hybridized carbons (Fsp3) is 0.333. The summed E-state index contributed by atoms with van der Waals surface area (Å²) in [7, 11) is 0. The number of hydrogen-bond donors (Lipinski definition) is 0. The topological polar surface area (TPSA) is 89.8 Å². The number of fused-ring (bicyclic) bond motifs is 1. The summed E-state index contributed by atoms with van der Waals surface area (Å²) in [6, 6.07) is 5.79. The molecule has 2 aliphatic heterocycles. The molecule has 2 heterocycles. The predicted octanol–water partition coefficient (Wildman–Crippen LogP) is 2.42. The summed E-state index contributed by atoms with van der Waals surface area (Å²) in [6.45, 7) is 3.64. The quantitative estimate of drug-likeness (QED) is 0.363. The summed E-state index contributed by atoms with van der Waals surface area (Å²) in [4.78, 5) is 36.5. The Bertz CT molecular complexity index is 728. The first-order valence-corrected chi connectivity index (χ1v) is 7.89. The number of benzene rings is 1. The number of hydrogen-bond acceptors (Lipinski definition) is 6. The Morgan fingerprint density at radius 3 is 2.65 bits per heavy atom. The number of rotatable bonds is 4. The van der Waals surface area contributed by atoms with E-state index in [2.05, 4.69) is 0 Å². The van der Waals surface area contributed by atoms with E-state index < -0.39 is 10.9 Å². The Kier molecular flexibility index (Phi) is 3.85. The van der Waals surface area contributed by atoms with Crippen LogP contribution in [0.2, 0.25) is 0 Å². The van der Waals surface area contributed by atoms with Crippen molar-refractivity contribution in [2.75, 3.05) is 0 Å². The lowest BCUT2D eigenvalue weighted by Gasteiger charge is -2.40. The van der Waals surface area contributed by atoms with Crippen molar-refractivity contribution >= 4 is 29.3 Å². The van der Waals surface area contributed by atoms with Crippen molar-refractivity contribution < 1.29 is 19.2 Å². The first-order valence-electron chi connectivity index (χ1n) is 7.01. The zero-order chi connectivity index (χ0) is 16.7. The van der Waals surface area contributed by atoms with Gasteiger partial charge in [0.2, 0.25) is 5.91 Å². The molecule has 0 bridgehead atoms. The van der Waals surface area contributed by atoms with E-state index in [0.29, 0.717) is 11.3 Å². The third kappa shape index (κ3) is 2.59. The van der Waals surface area contributed by atoms with Crippen molar-refractivity contribution in [2.24, 2.45) is 5.92 Å². The van der Waals surface area contributed by atoms with Gasteiger partial charge in [0.1, 0.15) is 12.3 Å². The van der Waals surface area contributed by atoms with Crippen LogP contribution < -0.4 is 0 Å². The Morgan fingerprint density at radius 1 is 1.39 bits per heavy atom. The second kappa shape index (κ2) is 5.69. The van der Waals surface area contributed by atoms with E-state index in [9.17, 15) is 19.7 Å². The van der Waals surface area contributed by atoms with Gasteiger partial charge in [-0.2, -0.15) is 0 Å². The number of nitrogens with zero attached hydrogens (tertiary/aromatic N) is 2. The second-order valence-electron chi connectivity index (χ2n) is 5.41. The molecule has 1 aromatic rings. The van der Waals surface area contributed by atoms with Crippen LogP contribution in [-0.2, 0) is 20.9 Å². The Balaban J connectivity index is 1.65. The van der Waals surface area contributed by atoms with Crippen LogP contribution in [0.4, 0.5) is 5.69 Å². The van der Waals surface area contributed by atoms with E-state index in [1.54, 1.807) is 6.92 Å². The van der Waals surface area contributed by atoms with Crippen LogP contribution >= 0.6 is 11.8 Å². The molecule has 8 heteroatoms.